The van der Waals surface area contributed by atoms with Gasteiger partial charge in [-0.15, -0.1) is 0 Å². The summed E-state index contributed by atoms with van der Waals surface area (Å²) in [5.41, 5.74) is 0. The molecule has 2 N–H and O–H groups in total. The van der Waals surface area contributed by atoms with Gasteiger partial charge in [0.05, 0.1) is 19.3 Å². The van der Waals surface area contributed by atoms with Gasteiger partial charge in [-0.3, -0.25) is 4.68 Å². The molecule has 0 aromatic carbocycles. The molecular formula is C11H21N3O3S. The van der Waals surface area contributed by atoms with Crippen LogP contribution in [0.2, 0.25) is 0 Å². The van der Waals surface area contributed by atoms with Crippen molar-refractivity contribution in [1.82, 2.24) is 14.5 Å². The molecule has 1 heterocycles. The van der Waals surface area contributed by atoms with Crippen LogP contribution in [0.3, 0.4) is 0 Å². The van der Waals surface area contributed by atoms with Crippen molar-refractivity contribution in [2.45, 2.75) is 38.1 Å². The van der Waals surface area contributed by atoms with Crippen molar-refractivity contribution >= 4 is 10.0 Å². The summed E-state index contributed by atoms with van der Waals surface area (Å²) in [6.07, 6.45) is 4.61. The average molecular weight is 275 g/mol. The normalized spacial score (nSPS) is 12.2. The van der Waals surface area contributed by atoms with Crippen molar-refractivity contribution in [3.05, 3.63) is 12.4 Å². The van der Waals surface area contributed by atoms with Crippen molar-refractivity contribution in [1.29, 1.82) is 0 Å². The summed E-state index contributed by atoms with van der Waals surface area (Å²) in [5, 5.41) is 12.6. The minimum absolute atomic E-state index is 0.0671. The van der Waals surface area contributed by atoms with E-state index in [9.17, 15) is 8.42 Å². The van der Waals surface area contributed by atoms with Crippen LogP contribution in [0.25, 0.3) is 0 Å². The van der Waals surface area contributed by atoms with Gasteiger partial charge < -0.3 is 5.11 Å². The summed E-state index contributed by atoms with van der Waals surface area (Å²) in [7, 11) is -3.49. The van der Waals surface area contributed by atoms with Crippen molar-refractivity contribution in [2.75, 3.05) is 13.2 Å². The second-order valence-electron chi connectivity index (χ2n) is 4.20. The number of hydrogen-bond donors (Lipinski definition) is 2. The van der Waals surface area contributed by atoms with Crippen molar-refractivity contribution in [2.24, 2.45) is 5.92 Å². The summed E-state index contributed by atoms with van der Waals surface area (Å²) >= 11 is 0. The van der Waals surface area contributed by atoms with Crippen molar-refractivity contribution in [3.8, 4) is 0 Å². The van der Waals surface area contributed by atoms with Gasteiger partial charge in [0.2, 0.25) is 10.0 Å². The van der Waals surface area contributed by atoms with E-state index in [1.807, 2.05) is 13.8 Å². The monoisotopic (exact) mass is 275 g/mol. The van der Waals surface area contributed by atoms with Gasteiger partial charge in [0.1, 0.15) is 4.90 Å². The molecule has 0 saturated carbocycles. The van der Waals surface area contributed by atoms with E-state index >= 15 is 0 Å². The molecule has 18 heavy (non-hydrogen) atoms. The van der Waals surface area contributed by atoms with E-state index in [1.165, 1.54) is 17.1 Å². The Morgan fingerprint density at radius 3 is 2.67 bits per heavy atom. The molecule has 0 saturated heterocycles. The first-order valence-electron chi connectivity index (χ1n) is 6.16. The zero-order chi connectivity index (χ0) is 13.6. The zero-order valence-corrected chi connectivity index (χ0v) is 11.7. The Bertz CT molecular complexity index is 452. The third-order valence-corrected chi connectivity index (χ3v) is 4.34. The van der Waals surface area contributed by atoms with Crippen LogP contribution in [-0.4, -0.2) is 36.5 Å². The molecule has 0 bridgehead atoms. The van der Waals surface area contributed by atoms with Gasteiger partial charge in [0.25, 0.3) is 0 Å². The summed E-state index contributed by atoms with van der Waals surface area (Å²) in [6, 6.07) is 0. The fourth-order valence-corrected chi connectivity index (χ4v) is 2.66. The van der Waals surface area contributed by atoms with Gasteiger partial charge in [-0.05, 0) is 5.92 Å². The lowest BCUT2D eigenvalue weighted by atomic mass is 10.0. The fraction of sp³-hybridized carbons (Fsp3) is 0.727. The molecule has 0 atom stereocenters. The van der Waals surface area contributed by atoms with Gasteiger partial charge in [-0.1, -0.05) is 26.7 Å². The van der Waals surface area contributed by atoms with E-state index in [1.54, 1.807) is 0 Å². The van der Waals surface area contributed by atoms with E-state index in [4.69, 9.17) is 5.11 Å². The molecule has 0 aliphatic rings. The standard InChI is InChI=1S/C11H21N3O3S/c1-3-10(4-2)7-13-18(16,17)11-8-12-14(9-11)5-6-15/h8-10,13,15H,3-7H2,1-2H3. The molecule has 0 aliphatic carbocycles. The van der Waals surface area contributed by atoms with Crippen LogP contribution < -0.4 is 4.72 Å². The molecule has 0 radical (unpaired) electrons. The molecule has 1 aromatic heterocycles. The predicted molar refractivity (Wildman–Crippen MR) is 68.6 cm³/mol. The number of hydrogen-bond acceptors (Lipinski definition) is 4. The fourth-order valence-electron chi connectivity index (χ4n) is 1.60. The van der Waals surface area contributed by atoms with Crippen LogP contribution in [0.4, 0.5) is 0 Å². The topological polar surface area (TPSA) is 84.2 Å². The lowest BCUT2D eigenvalue weighted by Crippen LogP contribution is -2.28. The van der Waals surface area contributed by atoms with Crippen LogP contribution in [-0.2, 0) is 16.6 Å². The molecule has 0 unspecified atom stereocenters. The Morgan fingerprint density at radius 1 is 1.44 bits per heavy atom. The van der Waals surface area contributed by atoms with E-state index in [2.05, 4.69) is 9.82 Å². The maximum absolute atomic E-state index is 12.0. The Hall–Kier alpha value is -0.920. The molecular weight excluding hydrogens is 254 g/mol. The Labute approximate surface area is 108 Å². The number of aliphatic hydroxyl groups is 1. The minimum Gasteiger partial charge on any atom is -0.394 e. The number of nitrogens with zero attached hydrogens (tertiary/aromatic N) is 2. The SMILES string of the molecule is CCC(CC)CNS(=O)(=O)c1cnn(CCO)c1. The van der Waals surface area contributed by atoms with Gasteiger partial charge in [-0.2, -0.15) is 5.10 Å². The van der Waals surface area contributed by atoms with Crippen LogP contribution in [0, 0.1) is 5.92 Å². The van der Waals surface area contributed by atoms with Crippen molar-refractivity contribution < 1.29 is 13.5 Å². The smallest absolute Gasteiger partial charge is 0.243 e. The maximum Gasteiger partial charge on any atom is 0.243 e. The van der Waals surface area contributed by atoms with E-state index in [0.717, 1.165) is 12.8 Å². The Morgan fingerprint density at radius 2 is 2.11 bits per heavy atom. The van der Waals surface area contributed by atoms with Crippen LogP contribution in [0.15, 0.2) is 17.3 Å². The highest BCUT2D eigenvalue weighted by molar-refractivity contribution is 7.89. The summed E-state index contributed by atoms with van der Waals surface area (Å²) < 4.78 is 27.9. The highest BCUT2D eigenvalue weighted by atomic mass is 32.2. The summed E-state index contributed by atoms with van der Waals surface area (Å²) in [6.45, 7) is 4.76. The third-order valence-electron chi connectivity index (χ3n) is 2.97. The molecule has 104 valence electrons. The second kappa shape index (κ2) is 6.86. The zero-order valence-electron chi connectivity index (χ0n) is 10.8. The predicted octanol–water partition coefficient (Wildman–Crippen LogP) is 0.590. The van der Waals surface area contributed by atoms with Crippen molar-refractivity contribution in [3.63, 3.8) is 0 Å². The van der Waals surface area contributed by atoms with E-state index in [-0.39, 0.29) is 11.5 Å². The van der Waals surface area contributed by atoms with Crippen LogP contribution in [0.5, 0.6) is 0 Å². The Kier molecular flexibility index (Phi) is 5.77. The molecule has 0 fully saturated rings. The summed E-state index contributed by atoms with van der Waals surface area (Å²) in [4.78, 5) is 0.141. The second-order valence-corrected chi connectivity index (χ2v) is 5.96. The number of aliphatic hydroxyl groups excluding tert-OH is 1. The molecule has 0 aliphatic heterocycles. The molecule has 6 nitrogen and oxygen atoms in total. The molecule has 7 heteroatoms. The summed E-state index contributed by atoms with van der Waals surface area (Å²) in [5.74, 6) is 0.354. The van der Waals surface area contributed by atoms with E-state index < -0.39 is 10.0 Å². The molecule has 0 spiro atoms. The lowest BCUT2D eigenvalue weighted by Gasteiger charge is -2.12. The third kappa shape index (κ3) is 4.08. The Balaban J connectivity index is 2.67. The number of nitrogens with one attached hydrogen (secondary N) is 1. The van der Waals surface area contributed by atoms with Gasteiger partial charge in [0.15, 0.2) is 0 Å². The van der Waals surface area contributed by atoms with Gasteiger partial charge in [-0.25, -0.2) is 13.1 Å². The number of rotatable bonds is 8. The average Bonchev–Trinajstić information content (AvgIpc) is 2.80. The highest BCUT2D eigenvalue weighted by Gasteiger charge is 2.17. The highest BCUT2D eigenvalue weighted by Crippen LogP contribution is 2.10. The minimum atomic E-state index is -3.49. The first kappa shape index (κ1) is 15.1. The largest absolute Gasteiger partial charge is 0.394 e. The lowest BCUT2D eigenvalue weighted by molar-refractivity contribution is 0.269. The molecule has 0 amide bonds. The maximum atomic E-state index is 12.0. The first-order chi connectivity index (χ1) is 8.53. The molecule has 1 rings (SSSR count). The van der Waals surface area contributed by atoms with Gasteiger partial charge >= 0.3 is 0 Å². The van der Waals surface area contributed by atoms with Crippen LogP contribution in [0.1, 0.15) is 26.7 Å². The van der Waals surface area contributed by atoms with Gasteiger partial charge in [0, 0.05) is 12.7 Å². The quantitative estimate of drug-likeness (QED) is 0.727. The number of sulfonamides is 1. The molecule has 1 aromatic rings. The first-order valence-corrected chi connectivity index (χ1v) is 7.64. The number of aromatic nitrogens is 2. The van der Waals surface area contributed by atoms with E-state index in [0.29, 0.717) is 19.0 Å². The van der Waals surface area contributed by atoms with Crippen LogP contribution >= 0.6 is 0 Å².